The van der Waals surface area contributed by atoms with Crippen LogP contribution in [0.1, 0.15) is 47.2 Å². The highest BCUT2D eigenvalue weighted by atomic mass is 79.9. The third kappa shape index (κ3) is 1.54. The summed E-state index contributed by atoms with van der Waals surface area (Å²) in [6.45, 7) is 4.44. The van der Waals surface area contributed by atoms with Gasteiger partial charge in [0.25, 0.3) is 0 Å². The van der Waals surface area contributed by atoms with Gasteiger partial charge in [-0.05, 0) is 36.8 Å². The minimum atomic E-state index is 0.590. The molecule has 1 aliphatic carbocycles. The van der Waals surface area contributed by atoms with Gasteiger partial charge >= 0.3 is 0 Å². The predicted octanol–water partition coefficient (Wildman–Crippen LogP) is 4.33. The molecular formula is C12H15Br. The molecule has 0 N–H and O–H groups in total. The van der Waals surface area contributed by atoms with Crippen LogP contribution in [0.3, 0.4) is 0 Å². The fourth-order valence-electron chi connectivity index (χ4n) is 2.23. The number of benzene rings is 1. The standard InChI is InChI=1S/C12H15Br/c1-3-9-7-12(13)11-6-8(2)4-5-10(9)11/h4-6,9,12H,3,7H2,1-2H3. The van der Waals surface area contributed by atoms with E-state index in [9.17, 15) is 0 Å². The summed E-state index contributed by atoms with van der Waals surface area (Å²) in [6.07, 6.45) is 2.54. The van der Waals surface area contributed by atoms with Gasteiger partial charge in [-0.3, -0.25) is 0 Å². The van der Waals surface area contributed by atoms with Crippen molar-refractivity contribution < 1.29 is 0 Å². The number of halogens is 1. The van der Waals surface area contributed by atoms with E-state index in [4.69, 9.17) is 0 Å². The molecule has 0 saturated heterocycles. The summed E-state index contributed by atoms with van der Waals surface area (Å²) in [5.41, 5.74) is 4.46. The molecule has 2 rings (SSSR count). The van der Waals surface area contributed by atoms with Crippen LogP contribution in [0.4, 0.5) is 0 Å². The van der Waals surface area contributed by atoms with Crippen molar-refractivity contribution in [1.29, 1.82) is 0 Å². The second-order valence-corrected chi connectivity index (χ2v) is 5.05. The van der Waals surface area contributed by atoms with Crippen molar-refractivity contribution in [2.24, 2.45) is 0 Å². The van der Waals surface area contributed by atoms with Crippen LogP contribution in [-0.4, -0.2) is 0 Å². The minimum Gasteiger partial charge on any atom is -0.0838 e. The van der Waals surface area contributed by atoms with E-state index in [1.54, 1.807) is 5.56 Å². The lowest BCUT2D eigenvalue weighted by molar-refractivity contribution is 0.654. The van der Waals surface area contributed by atoms with E-state index in [1.807, 2.05) is 0 Å². The largest absolute Gasteiger partial charge is 0.0838 e. The minimum absolute atomic E-state index is 0.590. The summed E-state index contributed by atoms with van der Waals surface area (Å²) in [4.78, 5) is 0.590. The SMILES string of the molecule is CCC1CC(Br)c2cc(C)ccc21. The molecule has 1 heteroatoms. The van der Waals surface area contributed by atoms with Crippen LogP contribution in [-0.2, 0) is 0 Å². The zero-order valence-electron chi connectivity index (χ0n) is 8.18. The quantitative estimate of drug-likeness (QED) is 0.640. The first kappa shape index (κ1) is 9.26. The highest BCUT2D eigenvalue weighted by Gasteiger charge is 2.27. The molecule has 70 valence electrons. The van der Waals surface area contributed by atoms with E-state index in [1.165, 1.54) is 24.0 Å². The zero-order valence-corrected chi connectivity index (χ0v) is 9.76. The molecule has 0 spiro atoms. The molecule has 0 aromatic heterocycles. The van der Waals surface area contributed by atoms with Gasteiger partial charge in [-0.25, -0.2) is 0 Å². The van der Waals surface area contributed by atoms with Crippen LogP contribution < -0.4 is 0 Å². The van der Waals surface area contributed by atoms with Crippen molar-refractivity contribution in [2.45, 2.75) is 37.4 Å². The maximum absolute atomic E-state index is 3.75. The molecule has 0 bridgehead atoms. The molecule has 0 saturated carbocycles. The number of fused-ring (bicyclic) bond motifs is 1. The topological polar surface area (TPSA) is 0 Å². The number of alkyl halides is 1. The molecule has 0 fully saturated rings. The summed E-state index contributed by atoms with van der Waals surface area (Å²) >= 11 is 3.75. The Kier molecular flexibility index (Phi) is 2.46. The Labute approximate surface area is 88.5 Å². The maximum Gasteiger partial charge on any atom is 0.0404 e. The van der Waals surface area contributed by atoms with Crippen LogP contribution in [0.2, 0.25) is 0 Å². The van der Waals surface area contributed by atoms with Crippen LogP contribution in [0.15, 0.2) is 18.2 Å². The van der Waals surface area contributed by atoms with Crippen molar-refractivity contribution >= 4 is 15.9 Å². The number of aryl methyl sites for hydroxylation is 1. The van der Waals surface area contributed by atoms with E-state index in [0.29, 0.717) is 4.83 Å². The summed E-state index contributed by atoms with van der Waals surface area (Å²) in [5, 5.41) is 0. The first-order valence-electron chi connectivity index (χ1n) is 4.97. The lowest BCUT2D eigenvalue weighted by atomic mass is 9.98. The highest BCUT2D eigenvalue weighted by molar-refractivity contribution is 9.09. The van der Waals surface area contributed by atoms with Gasteiger partial charge in [0.2, 0.25) is 0 Å². The second-order valence-electron chi connectivity index (χ2n) is 3.94. The molecule has 13 heavy (non-hydrogen) atoms. The fraction of sp³-hybridized carbons (Fsp3) is 0.500. The highest BCUT2D eigenvalue weighted by Crippen LogP contribution is 2.46. The van der Waals surface area contributed by atoms with E-state index in [2.05, 4.69) is 48.0 Å². The van der Waals surface area contributed by atoms with Crippen molar-refractivity contribution in [2.75, 3.05) is 0 Å². The average molecular weight is 239 g/mol. The Bertz CT molecular complexity index is 317. The van der Waals surface area contributed by atoms with Crippen LogP contribution in [0, 0.1) is 6.92 Å². The number of hydrogen-bond donors (Lipinski definition) is 0. The smallest absolute Gasteiger partial charge is 0.0404 e. The Morgan fingerprint density at radius 3 is 2.85 bits per heavy atom. The third-order valence-corrected chi connectivity index (χ3v) is 3.87. The zero-order chi connectivity index (χ0) is 9.42. The van der Waals surface area contributed by atoms with Crippen LogP contribution in [0.5, 0.6) is 0 Å². The summed E-state index contributed by atoms with van der Waals surface area (Å²) in [6, 6.07) is 6.86. The first-order chi connectivity index (χ1) is 6.22. The van der Waals surface area contributed by atoms with Gasteiger partial charge in [0.05, 0.1) is 0 Å². The normalized spacial score (nSPS) is 26.1. The molecule has 0 radical (unpaired) electrons. The summed E-state index contributed by atoms with van der Waals surface area (Å²) < 4.78 is 0. The molecule has 2 atom stereocenters. The van der Waals surface area contributed by atoms with Gasteiger partial charge in [0.15, 0.2) is 0 Å². The molecule has 0 nitrogen and oxygen atoms in total. The molecule has 1 aromatic carbocycles. The van der Waals surface area contributed by atoms with E-state index < -0.39 is 0 Å². The predicted molar refractivity (Wildman–Crippen MR) is 60.5 cm³/mol. The molecule has 0 aliphatic heterocycles. The third-order valence-electron chi connectivity index (χ3n) is 3.00. The lowest BCUT2D eigenvalue weighted by Gasteiger charge is -2.07. The molecule has 1 aliphatic rings. The van der Waals surface area contributed by atoms with Crippen molar-refractivity contribution in [3.8, 4) is 0 Å². The van der Waals surface area contributed by atoms with Gasteiger partial charge in [0, 0.05) is 4.83 Å². The Morgan fingerprint density at radius 2 is 2.15 bits per heavy atom. The monoisotopic (exact) mass is 238 g/mol. The van der Waals surface area contributed by atoms with Gasteiger partial charge in [-0.15, -0.1) is 0 Å². The second kappa shape index (κ2) is 3.45. The van der Waals surface area contributed by atoms with Crippen molar-refractivity contribution in [1.82, 2.24) is 0 Å². The van der Waals surface area contributed by atoms with E-state index in [0.717, 1.165) is 5.92 Å². The van der Waals surface area contributed by atoms with Crippen LogP contribution in [0.25, 0.3) is 0 Å². The number of hydrogen-bond acceptors (Lipinski definition) is 0. The molecule has 2 unspecified atom stereocenters. The lowest BCUT2D eigenvalue weighted by Crippen LogP contribution is -1.90. The fourth-order valence-corrected chi connectivity index (χ4v) is 3.08. The molecule has 0 amide bonds. The van der Waals surface area contributed by atoms with E-state index >= 15 is 0 Å². The van der Waals surface area contributed by atoms with Crippen molar-refractivity contribution in [3.05, 3.63) is 34.9 Å². The molecule has 1 aromatic rings. The van der Waals surface area contributed by atoms with Crippen LogP contribution >= 0.6 is 15.9 Å². The summed E-state index contributed by atoms with van der Waals surface area (Å²) in [7, 11) is 0. The Balaban J connectivity index is 2.46. The van der Waals surface area contributed by atoms with Gasteiger partial charge in [-0.2, -0.15) is 0 Å². The maximum atomic E-state index is 3.75. The van der Waals surface area contributed by atoms with Gasteiger partial charge in [0.1, 0.15) is 0 Å². The Morgan fingerprint density at radius 1 is 1.38 bits per heavy atom. The average Bonchev–Trinajstić information content (AvgIpc) is 2.43. The number of rotatable bonds is 1. The molecular weight excluding hydrogens is 224 g/mol. The summed E-state index contributed by atoms with van der Waals surface area (Å²) in [5.74, 6) is 0.778. The van der Waals surface area contributed by atoms with Gasteiger partial charge < -0.3 is 0 Å². The van der Waals surface area contributed by atoms with Crippen molar-refractivity contribution in [3.63, 3.8) is 0 Å². The van der Waals surface area contributed by atoms with E-state index in [-0.39, 0.29) is 0 Å². The first-order valence-corrected chi connectivity index (χ1v) is 5.88. The van der Waals surface area contributed by atoms with Gasteiger partial charge in [-0.1, -0.05) is 46.6 Å². The molecule has 0 heterocycles. The Hall–Kier alpha value is -0.300.